The number of anilines is 2. The Bertz CT molecular complexity index is 607. The average molecular weight is 268 g/mol. The van der Waals surface area contributed by atoms with Crippen molar-refractivity contribution < 1.29 is 4.79 Å². The maximum Gasteiger partial charge on any atom is 0.326 e. The van der Waals surface area contributed by atoms with Gasteiger partial charge in [0.15, 0.2) is 0 Å². The minimum absolute atomic E-state index is 0.108. The molecule has 0 atom stereocenters. The van der Waals surface area contributed by atoms with E-state index >= 15 is 0 Å². The summed E-state index contributed by atoms with van der Waals surface area (Å²) in [6.45, 7) is 6.63. The lowest BCUT2D eigenvalue weighted by Gasteiger charge is -2.22. The quantitative estimate of drug-likeness (QED) is 0.881. The second-order valence-corrected chi connectivity index (χ2v) is 4.88. The molecule has 1 N–H and O–H groups in total. The second-order valence-electron chi connectivity index (χ2n) is 4.88. The van der Waals surface area contributed by atoms with Crippen LogP contribution in [0, 0.1) is 13.8 Å². The van der Waals surface area contributed by atoms with Crippen LogP contribution in [-0.2, 0) is 0 Å². The average Bonchev–Trinajstić information content (AvgIpc) is 2.39. The molecule has 3 heteroatoms. The number of amides is 2. The summed E-state index contributed by atoms with van der Waals surface area (Å²) < 4.78 is 0. The first-order chi connectivity index (χ1) is 9.60. The van der Waals surface area contributed by atoms with Crippen LogP contribution in [0.4, 0.5) is 16.2 Å². The van der Waals surface area contributed by atoms with Gasteiger partial charge in [-0.1, -0.05) is 24.3 Å². The standard InChI is InChI=1S/C17H20N2O/c1-4-19(16-10-6-8-14(3)12-16)17(20)18-15-9-5-7-13(2)11-15/h5-12H,4H2,1-3H3,(H,18,20). The highest BCUT2D eigenvalue weighted by molar-refractivity contribution is 6.01. The Morgan fingerprint density at radius 1 is 1.05 bits per heavy atom. The fourth-order valence-corrected chi connectivity index (χ4v) is 2.15. The Morgan fingerprint density at radius 2 is 1.70 bits per heavy atom. The molecule has 0 saturated heterocycles. The normalized spacial score (nSPS) is 10.2. The number of aryl methyl sites for hydroxylation is 2. The third-order valence-corrected chi connectivity index (χ3v) is 3.14. The smallest absolute Gasteiger partial charge is 0.308 e. The van der Waals surface area contributed by atoms with Gasteiger partial charge in [0.25, 0.3) is 0 Å². The van der Waals surface area contributed by atoms with Crippen molar-refractivity contribution in [3.63, 3.8) is 0 Å². The lowest BCUT2D eigenvalue weighted by molar-refractivity contribution is 0.257. The summed E-state index contributed by atoms with van der Waals surface area (Å²) in [6.07, 6.45) is 0. The van der Waals surface area contributed by atoms with E-state index in [9.17, 15) is 4.79 Å². The number of hydrogen-bond acceptors (Lipinski definition) is 1. The molecule has 0 aromatic heterocycles. The molecule has 0 aliphatic rings. The van der Waals surface area contributed by atoms with Crippen molar-refractivity contribution in [1.82, 2.24) is 0 Å². The molecule has 0 heterocycles. The van der Waals surface area contributed by atoms with Crippen LogP contribution in [0.25, 0.3) is 0 Å². The van der Waals surface area contributed by atoms with Gasteiger partial charge in [-0.3, -0.25) is 4.90 Å². The molecule has 2 aromatic rings. The Labute approximate surface area is 120 Å². The van der Waals surface area contributed by atoms with E-state index in [2.05, 4.69) is 5.32 Å². The Kier molecular flexibility index (Phi) is 4.41. The van der Waals surface area contributed by atoms with Crippen LogP contribution in [-0.4, -0.2) is 12.6 Å². The lowest BCUT2D eigenvalue weighted by atomic mass is 10.2. The number of rotatable bonds is 3. The van der Waals surface area contributed by atoms with Crippen LogP contribution in [0.1, 0.15) is 18.1 Å². The van der Waals surface area contributed by atoms with Crippen LogP contribution >= 0.6 is 0 Å². The summed E-state index contributed by atoms with van der Waals surface area (Å²) in [5, 5.41) is 2.94. The van der Waals surface area contributed by atoms with Crippen molar-refractivity contribution in [3.8, 4) is 0 Å². The Morgan fingerprint density at radius 3 is 2.30 bits per heavy atom. The fraction of sp³-hybridized carbons (Fsp3) is 0.235. The zero-order valence-corrected chi connectivity index (χ0v) is 12.2. The zero-order valence-electron chi connectivity index (χ0n) is 12.2. The minimum Gasteiger partial charge on any atom is -0.308 e. The van der Waals surface area contributed by atoms with E-state index in [0.717, 1.165) is 22.5 Å². The largest absolute Gasteiger partial charge is 0.326 e. The summed E-state index contributed by atoms with van der Waals surface area (Å²) in [5.41, 5.74) is 4.00. The summed E-state index contributed by atoms with van der Waals surface area (Å²) in [5.74, 6) is 0. The third-order valence-electron chi connectivity index (χ3n) is 3.14. The topological polar surface area (TPSA) is 32.3 Å². The number of nitrogens with zero attached hydrogens (tertiary/aromatic N) is 1. The number of benzene rings is 2. The minimum atomic E-state index is -0.108. The highest BCUT2D eigenvalue weighted by Gasteiger charge is 2.13. The first-order valence-electron chi connectivity index (χ1n) is 6.82. The van der Waals surface area contributed by atoms with E-state index in [1.54, 1.807) is 4.90 Å². The molecule has 2 rings (SSSR count). The summed E-state index contributed by atoms with van der Waals surface area (Å²) in [4.78, 5) is 14.1. The Hall–Kier alpha value is -2.29. The van der Waals surface area contributed by atoms with Gasteiger partial charge in [-0.25, -0.2) is 4.79 Å². The Balaban J connectivity index is 2.17. The van der Waals surface area contributed by atoms with E-state index in [1.165, 1.54) is 0 Å². The van der Waals surface area contributed by atoms with Crippen molar-refractivity contribution in [2.24, 2.45) is 0 Å². The molecule has 0 saturated carbocycles. The van der Waals surface area contributed by atoms with Gasteiger partial charge in [-0.2, -0.15) is 0 Å². The van der Waals surface area contributed by atoms with Crippen molar-refractivity contribution >= 4 is 17.4 Å². The monoisotopic (exact) mass is 268 g/mol. The number of carbonyl (C=O) groups excluding carboxylic acids is 1. The van der Waals surface area contributed by atoms with Crippen molar-refractivity contribution in [2.45, 2.75) is 20.8 Å². The number of nitrogens with one attached hydrogen (secondary N) is 1. The van der Waals surface area contributed by atoms with Crippen molar-refractivity contribution in [1.29, 1.82) is 0 Å². The SMILES string of the molecule is CCN(C(=O)Nc1cccc(C)c1)c1cccc(C)c1. The molecule has 0 radical (unpaired) electrons. The lowest BCUT2D eigenvalue weighted by Crippen LogP contribution is -2.34. The van der Waals surface area contributed by atoms with Gasteiger partial charge in [-0.15, -0.1) is 0 Å². The third kappa shape index (κ3) is 3.38. The van der Waals surface area contributed by atoms with Crippen LogP contribution in [0.3, 0.4) is 0 Å². The van der Waals surface area contributed by atoms with Gasteiger partial charge >= 0.3 is 6.03 Å². The van der Waals surface area contributed by atoms with Crippen molar-refractivity contribution in [2.75, 3.05) is 16.8 Å². The van der Waals surface area contributed by atoms with Gasteiger partial charge < -0.3 is 5.32 Å². The molecule has 0 aliphatic heterocycles. The molecule has 2 aromatic carbocycles. The predicted molar refractivity (Wildman–Crippen MR) is 84.4 cm³/mol. The number of urea groups is 1. The van der Waals surface area contributed by atoms with Gasteiger partial charge in [0.05, 0.1) is 0 Å². The highest BCUT2D eigenvalue weighted by Crippen LogP contribution is 2.18. The van der Waals surface area contributed by atoms with Crippen LogP contribution in [0.2, 0.25) is 0 Å². The van der Waals surface area contributed by atoms with Gasteiger partial charge in [-0.05, 0) is 56.2 Å². The molecule has 0 aliphatic carbocycles. The van der Waals surface area contributed by atoms with Gasteiger partial charge in [0.2, 0.25) is 0 Å². The molecule has 0 bridgehead atoms. The maximum atomic E-state index is 12.4. The van der Waals surface area contributed by atoms with E-state index in [1.807, 2.05) is 69.3 Å². The molecule has 3 nitrogen and oxygen atoms in total. The molecule has 0 spiro atoms. The molecule has 2 amide bonds. The van der Waals surface area contributed by atoms with E-state index in [0.29, 0.717) is 6.54 Å². The number of hydrogen-bond donors (Lipinski definition) is 1. The van der Waals surface area contributed by atoms with Gasteiger partial charge in [0, 0.05) is 17.9 Å². The molecular weight excluding hydrogens is 248 g/mol. The van der Waals surface area contributed by atoms with Crippen molar-refractivity contribution in [3.05, 3.63) is 59.7 Å². The fourth-order valence-electron chi connectivity index (χ4n) is 2.15. The van der Waals surface area contributed by atoms with Crippen LogP contribution < -0.4 is 10.2 Å². The van der Waals surface area contributed by atoms with E-state index < -0.39 is 0 Å². The second kappa shape index (κ2) is 6.24. The molecule has 0 unspecified atom stereocenters. The zero-order chi connectivity index (χ0) is 14.5. The summed E-state index contributed by atoms with van der Waals surface area (Å²) >= 11 is 0. The van der Waals surface area contributed by atoms with Gasteiger partial charge in [0.1, 0.15) is 0 Å². The first kappa shape index (κ1) is 14.1. The molecule has 20 heavy (non-hydrogen) atoms. The number of carbonyl (C=O) groups is 1. The van der Waals surface area contributed by atoms with Crippen LogP contribution in [0.15, 0.2) is 48.5 Å². The molecular formula is C17H20N2O. The van der Waals surface area contributed by atoms with E-state index in [-0.39, 0.29) is 6.03 Å². The highest BCUT2D eigenvalue weighted by atomic mass is 16.2. The predicted octanol–water partition coefficient (Wildman–Crippen LogP) is 4.36. The van der Waals surface area contributed by atoms with E-state index in [4.69, 9.17) is 0 Å². The summed E-state index contributed by atoms with van der Waals surface area (Å²) in [7, 11) is 0. The molecule has 104 valence electrons. The first-order valence-corrected chi connectivity index (χ1v) is 6.82. The van der Waals surface area contributed by atoms with Crippen LogP contribution in [0.5, 0.6) is 0 Å². The summed E-state index contributed by atoms with van der Waals surface area (Å²) in [6, 6.07) is 15.6. The maximum absolute atomic E-state index is 12.4. The molecule has 0 fully saturated rings.